The van der Waals surface area contributed by atoms with Gasteiger partial charge in [-0.1, -0.05) is 0 Å². The predicted molar refractivity (Wildman–Crippen MR) is 67.9 cm³/mol. The number of rotatable bonds is 6. The van der Waals surface area contributed by atoms with Gasteiger partial charge in [0.2, 0.25) is 0 Å². The van der Waals surface area contributed by atoms with Crippen molar-refractivity contribution in [2.75, 3.05) is 13.2 Å². The Hall–Kier alpha value is -0.790. The third-order valence-electron chi connectivity index (χ3n) is 1.78. The first-order chi connectivity index (χ1) is 8.13. The largest absolute Gasteiger partial charge is 0.393 e. The van der Waals surface area contributed by atoms with Crippen molar-refractivity contribution < 1.29 is 13.6 Å². The summed E-state index contributed by atoms with van der Waals surface area (Å²) in [5.74, 6) is 0. The van der Waals surface area contributed by atoms with Crippen LogP contribution in [0.3, 0.4) is 0 Å². The van der Waals surface area contributed by atoms with Crippen LogP contribution in [0, 0.1) is 11.3 Å². The highest BCUT2D eigenvalue weighted by Gasteiger charge is 2.25. The molecule has 0 amide bonds. The fourth-order valence-electron chi connectivity index (χ4n) is 1.13. The van der Waals surface area contributed by atoms with Crippen molar-refractivity contribution in [2.45, 2.75) is 18.7 Å². The normalized spacial score (nSPS) is 11.1. The molecule has 92 valence electrons. The average molecular weight is 271 g/mol. The van der Waals surface area contributed by atoms with Crippen molar-refractivity contribution in [3.63, 3.8) is 0 Å². The molecule has 6 heteroatoms. The van der Waals surface area contributed by atoms with E-state index >= 15 is 0 Å². The second kappa shape index (κ2) is 6.83. The third kappa shape index (κ3) is 4.53. The minimum absolute atomic E-state index is 0.334. The summed E-state index contributed by atoms with van der Waals surface area (Å²) in [6.45, 7) is 1.07. The first-order valence-corrected chi connectivity index (χ1v) is 8.19. The molecule has 0 aromatic heterocycles. The summed E-state index contributed by atoms with van der Waals surface area (Å²) in [5.41, 5.74) is 0.567. The highest BCUT2D eigenvalue weighted by molar-refractivity contribution is 8.55. The Bertz CT molecular complexity index is 431. The molecule has 0 aliphatic rings. The molecule has 0 aliphatic heterocycles. The Morgan fingerprint density at radius 2 is 1.76 bits per heavy atom. The lowest BCUT2D eigenvalue weighted by Crippen LogP contribution is -1.92. The summed E-state index contributed by atoms with van der Waals surface area (Å²) in [7, 11) is 0. The molecule has 17 heavy (non-hydrogen) atoms. The van der Waals surface area contributed by atoms with Crippen LogP contribution in [0.25, 0.3) is 0 Å². The molecular weight excluding hydrogens is 257 g/mol. The Kier molecular flexibility index (Phi) is 5.73. The van der Waals surface area contributed by atoms with Crippen molar-refractivity contribution in [1.29, 1.82) is 5.26 Å². The standard InChI is InChI=1S/C11H14NO3PS/c1-3-14-16(13,15-4-2)17-11-7-5-10(9-12)6-8-11/h5-8H,3-4H2,1-2H3. The average Bonchev–Trinajstić information content (AvgIpc) is 2.30. The fraction of sp³-hybridized carbons (Fsp3) is 0.364. The van der Waals surface area contributed by atoms with Crippen LogP contribution in [0.2, 0.25) is 0 Å². The number of nitriles is 1. The molecule has 0 saturated heterocycles. The van der Waals surface area contributed by atoms with Crippen LogP contribution in [-0.4, -0.2) is 13.2 Å². The van der Waals surface area contributed by atoms with Crippen molar-refractivity contribution in [3.05, 3.63) is 29.8 Å². The van der Waals surface area contributed by atoms with Crippen LogP contribution in [0.15, 0.2) is 29.2 Å². The quantitative estimate of drug-likeness (QED) is 0.736. The maximum Gasteiger partial charge on any atom is 0.393 e. The molecule has 0 bridgehead atoms. The van der Waals surface area contributed by atoms with Crippen LogP contribution in [0.4, 0.5) is 0 Å². The minimum Gasteiger partial charge on any atom is -0.301 e. The lowest BCUT2D eigenvalue weighted by molar-refractivity contribution is 0.237. The van der Waals surface area contributed by atoms with E-state index < -0.39 is 6.80 Å². The maximum atomic E-state index is 12.2. The van der Waals surface area contributed by atoms with Gasteiger partial charge < -0.3 is 9.05 Å². The number of hydrogen-bond donors (Lipinski definition) is 0. The van der Waals surface area contributed by atoms with E-state index in [4.69, 9.17) is 14.3 Å². The van der Waals surface area contributed by atoms with Crippen LogP contribution in [0.1, 0.15) is 19.4 Å². The van der Waals surface area contributed by atoms with Crippen LogP contribution >= 0.6 is 18.2 Å². The highest BCUT2D eigenvalue weighted by Crippen LogP contribution is 2.63. The lowest BCUT2D eigenvalue weighted by Gasteiger charge is -2.15. The van der Waals surface area contributed by atoms with Crippen molar-refractivity contribution in [1.82, 2.24) is 0 Å². The van der Waals surface area contributed by atoms with E-state index in [-0.39, 0.29) is 0 Å². The molecular formula is C11H14NO3PS. The smallest absolute Gasteiger partial charge is 0.301 e. The first-order valence-electron chi connectivity index (χ1n) is 5.22. The van der Waals surface area contributed by atoms with Crippen molar-refractivity contribution in [3.8, 4) is 6.07 Å². The molecule has 0 fully saturated rings. The zero-order valence-corrected chi connectivity index (χ0v) is 11.5. The number of hydrogen-bond acceptors (Lipinski definition) is 5. The molecule has 4 nitrogen and oxygen atoms in total. The van der Waals surface area contributed by atoms with Gasteiger partial charge in [-0.25, -0.2) is 4.57 Å². The molecule has 0 heterocycles. The lowest BCUT2D eigenvalue weighted by atomic mass is 10.2. The molecule has 1 aromatic carbocycles. The molecule has 0 radical (unpaired) electrons. The highest BCUT2D eigenvalue weighted by atomic mass is 32.7. The second-order valence-corrected chi connectivity index (χ2v) is 6.96. The Morgan fingerprint density at radius 3 is 2.18 bits per heavy atom. The minimum atomic E-state index is -3.13. The summed E-state index contributed by atoms with van der Waals surface area (Å²) < 4.78 is 22.5. The van der Waals surface area contributed by atoms with Crippen molar-refractivity contribution in [2.24, 2.45) is 0 Å². The van der Waals surface area contributed by atoms with Crippen LogP contribution < -0.4 is 0 Å². The van der Waals surface area contributed by atoms with E-state index in [2.05, 4.69) is 0 Å². The first kappa shape index (κ1) is 14.3. The van der Waals surface area contributed by atoms with Crippen LogP contribution in [0.5, 0.6) is 0 Å². The molecule has 0 aliphatic carbocycles. The van der Waals surface area contributed by atoms with E-state index in [1.807, 2.05) is 6.07 Å². The van der Waals surface area contributed by atoms with Gasteiger partial charge in [0.15, 0.2) is 0 Å². The molecule has 0 unspecified atom stereocenters. The van der Waals surface area contributed by atoms with Gasteiger partial charge in [0.05, 0.1) is 24.8 Å². The van der Waals surface area contributed by atoms with Gasteiger partial charge in [0.1, 0.15) is 0 Å². The molecule has 0 N–H and O–H groups in total. The van der Waals surface area contributed by atoms with Gasteiger partial charge in [-0.05, 0) is 49.5 Å². The summed E-state index contributed by atoms with van der Waals surface area (Å²) in [4.78, 5) is 0.759. The molecule has 0 saturated carbocycles. The SMILES string of the molecule is CCOP(=O)(OCC)Sc1ccc(C#N)cc1. The number of nitrogens with zero attached hydrogens (tertiary/aromatic N) is 1. The van der Waals surface area contributed by atoms with Gasteiger partial charge >= 0.3 is 6.80 Å². The van der Waals surface area contributed by atoms with Gasteiger partial charge in [-0.15, -0.1) is 0 Å². The zero-order valence-electron chi connectivity index (χ0n) is 9.75. The Morgan fingerprint density at radius 1 is 1.24 bits per heavy atom. The summed E-state index contributed by atoms with van der Waals surface area (Å²) >= 11 is 1.06. The maximum absolute atomic E-state index is 12.2. The summed E-state index contributed by atoms with van der Waals surface area (Å²) in [6, 6.07) is 8.83. The van der Waals surface area contributed by atoms with Crippen LogP contribution in [-0.2, 0) is 13.6 Å². The predicted octanol–water partition coefficient (Wildman–Crippen LogP) is 3.83. The third-order valence-corrected chi connectivity index (χ3v) is 5.57. The van der Waals surface area contributed by atoms with E-state index in [1.165, 1.54) is 0 Å². The molecule has 1 aromatic rings. The molecule has 0 atom stereocenters. The summed E-state index contributed by atoms with van der Waals surface area (Å²) in [5, 5.41) is 8.67. The fourth-order valence-corrected chi connectivity index (χ4v) is 4.54. The number of benzene rings is 1. The summed E-state index contributed by atoms with van der Waals surface area (Å²) in [6.07, 6.45) is 0. The van der Waals surface area contributed by atoms with Crippen molar-refractivity contribution >= 4 is 18.2 Å². The van der Waals surface area contributed by atoms with E-state index in [1.54, 1.807) is 38.1 Å². The topological polar surface area (TPSA) is 59.3 Å². The van der Waals surface area contributed by atoms with Gasteiger partial charge in [-0.2, -0.15) is 5.26 Å². The van der Waals surface area contributed by atoms with E-state index in [0.717, 1.165) is 16.3 Å². The van der Waals surface area contributed by atoms with Gasteiger partial charge in [-0.3, -0.25) is 0 Å². The molecule has 0 spiro atoms. The zero-order chi connectivity index (χ0) is 12.7. The monoisotopic (exact) mass is 271 g/mol. The van der Waals surface area contributed by atoms with Gasteiger partial charge in [0, 0.05) is 4.90 Å². The van der Waals surface area contributed by atoms with E-state index in [9.17, 15) is 4.57 Å². The second-order valence-electron chi connectivity index (χ2n) is 3.01. The van der Waals surface area contributed by atoms with Gasteiger partial charge in [0.25, 0.3) is 0 Å². The Balaban J connectivity index is 2.79. The van der Waals surface area contributed by atoms with E-state index in [0.29, 0.717) is 18.8 Å². The Labute approximate surface area is 105 Å². The molecule has 1 rings (SSSR count).